The van der Waals surface area contributed by atoms with Crippen LogP contribution in [0.25, 0.3) is 0 Å². The Bertz CT molecular complexity index is 597. The minimum atomic E-state index is -1.96. The summed E-state index contributed by atoms with van der Waals surface area (Å²) in [5.41, 5.74) is -0.732. The minimum Gasteiger partial charge on any atom is -0.393 e. The maximum absolute atomic E-state index is 10.8. The number of rotatable bonds is 5. The van der Waals surface area contributed by atoms with E-state index < -0.39 is 28.8 Å². The van der Waals surface area contributed by atoms with E-state index in [9.17, 15) is 20.4 Å². The zero-order valence-corrected chi connectivity index (χ0v) is 14.6. The first-order valence-electron chi connectivity index (χ1n) is 7.38. The maximum atomic E-state index is 10.8. The highest BCUT2D eigenvalue weighted by atomic mass is 32.2. The van der Waals surface area contributed by atoms with Gasteiger partial charge in [0.2, 0.25) is 0 Å². The third-order valence-corrected chi connectivity index (χ3v) is 6.01. The van der Waals surface area contributed by atoms with E-state index in [1.165, 1.54) is 32.5 Å². The summed E-state index contributed by atoms with van der Waals surface area (Å²) in [5, 5.41) is 45.3. The van der Waals surface area contributed by atoms with Gasteiger partial charge in [-0.1, -0.05) is 41.6 Å². The lowest BCUT2D eigenvalue weighted by Gasteiger charge is -2.48. The van der Waals surface area contributed by atoms with Gasteiger partial charge in [-0.15, -0.1) is 0 Å². The van der Waals surface area contributed by atoms with Gasteiger partial charge in [0.25, 0.3) is 0 Å². The van der Waals surface area contributed by atoms with Crippen molar-refractivity contribution in [2.75, 3.05) is 6.61 Å². The highest BCUT2D eigenvalue weighted by Crippen LogP contribution is 2.40. The quantitative estimate of drug-likeness (QED) is 0.537. The van der Waals surface area contributed by atoms with Gasteiger partial charge in [0.05, 0.1) is 6.61 Å². The lowest BCUT2D eigenvalue weighted by atomic mass is 9.73. The smallest absolute Gasteiger partial charge is 0.127 e. The normalized spacial score (nSPS) is 25.7. The van der Waals surface area contributed by atoms with E-state index in [-0.39, 0.29) is 0 Å². The molecule has 1 aliphatic rings. The fourth-order valence-corrected chi connectivity index (χ4v) is 3.47. The summed E-state index contributed by atoms with van der Waals surface area (Å²) in [6, 6.07) is 7.80. The molecule has 4 atom stereocenters. The summed E-state index contributed by atoms with van der Waals surface area (Å²) in [6.45, 7) is 5.31. The predicted molar refractivity (Wildman–Crippen MR) is 91.2 cm³/mol. The van der Waals surface area contributed by atoms with Crippen LogP contribution in [0.1, 0.15) is 31.9 Å². The standard InChI is InChI=1S/C16H24N2O4S/c1-10-5-7-11(8-6-10)12-17-18-13(23-12)15(3,21)16(4,22)14(2,20)9-19/h5-8,13,18-22H,9H2,1-4H3/t13-,14+,15-,16-/m0/s1. The van der Waals surface area contributed by atoms with Gasteiger partial charge in [0, 0.05) is 5.56 Å². The van der Waals surface area contributed by atoms with E-state index in [1.54, 1.807) is 0 Å². The summed E-state index contributed by atoms with van der Waals surface area (Å²) in [4.78, 5) is 0. The summed E-state index contributed by atoms with van der Waals surface area (Å²) >= 11 is 1.27. The fraction of sp³-hybridized carbons (Fsp3) is 0.562. The highest BCUT2D eigenvalue weighted by molar-refractivity contribution is 8.15. The molecule has 5 N–H and O–H groups in total. The molecule has 0 amide bonds. The van der Waals surface area contributed by atoms with Crippen molar-refractivity contribution < 1.29 is 20.4 Å². The van der Waals surface area contributed by atoms with Gasteiger partial charge in [0.1, 0.15) is 27.2 Å². The molecule has 1 aliphatic heterocycles. The summed E-state index contributed by atoms with van der Waals surface area (Å²) in [5.74, 6) is 0. The van der Waals surface area contributed by atoms with Gasteiger partial charge < -0.3 is 20.4 Å². The second-order valence-electron chi connectivity index (χ2n) is 6.56. The molecular weight excluding hydrogens is 316 g/mol. The Labute approximate surface area is 140 Å². The lowest BCUT2D eigenvalue weighted by Crippen LogP contribution is -2.70. The number of nitrogens with one attached hydrogen (secondary N) is 1. The number of hydrogen-bond acceptors (Lipinski definition) is 7. The van der Waals surface area contributed by atoms with E-state index in [0.717, 1.165) is 11.1 Å². The van der Waals surface area contributed by atoms with Crippen LogP contribution >= 0.6 is 11.8 Å². The second kappa shape index (κ2) is 6.07. The number of thioether (sulfide) groups is 1. The van der Waals surface area contributed by atoms with Crippen molar-refractivity contribution in [2.45, 2.75) is 49.9 Å². The van der Waals surface area contributed by atoms with Gasteiger partial charge >= 0.3 is 0 Å². The third kappa shape index (κ3) is 3.12. The predicted octanol–water partition coefficient (Wildman–Crippen LogP) is 0.564. The lowest BCUT2D eigenvalue weighted by molar-refractivity contribution is -0.236. The Hall–Kier alpha value is -1.12. The van der Waals surface area contributed by atoms with Gasteiger partial charge in [0.15, 0.2) is 0 Å². The largest absolute Gasteiger partial charge is 0.393 e. The van der Waals surface area contributed by atoms with Gasteiger partial charge in [-0.2, -0.15) is 5.10 Å². The van der Waals surface area contributed by atoms with Crippen LogP contribution in [0.15, 0.2) is 29.4 Å². The molecule has 0 saturated heterocycles. The second-order valence-corrected chi connectivity index (χ2v) is 7.66. The Morgan fingerprint density at radius 3 is 2.22 bits per heavy atom. The average Bonchev–Trinajstić information content (AvgIpc) is 2.98. The van der Waals surface area contributed by atoms with Crippen LogP contribution in [-0.4, -0.2) is 54.3 Å². The van der Waals surface area contributed by atoms with Gasteiger partial charge in [-0.05, 0) is 27.7 Å². The maximum Gasteiger partial charge on any atom is 0.127 e. The molecule has 7 heteroatoms. The minimum absolute atomic E-state index is 0.674. The number of nitrogens with zero attached hydrogens (tertiary/aromatic N) is 1. The Kier molecular flexibility index (Phi) is 4.81. The molecule has 23 heavy (non-hydrogen) atoms. The summed E-state index contributed by atoms with van der Waals surface area (Å²) < 4.78 is 0. The molecule has 2 rings (SSSR count). The molecule has 0 saturated carbocycles. The van der Waals surface area contributed by atoms with Crippen LogP contribution in [0.3, 0.4) is 0 Å². The van der Waals surface area contributed by atoms with E-state index >= 15 is 0 Å². The third-order valence-electron chi connectivity index (χ3n) is 4.66. The van der Waals surface area contributed by atoms with E-state index in [0.29, 0.717) is 5.04 Å². The zero-order chi connectivity index (χ0) is 17.5. The van der Waals surface area contributed by atoms with Crippen LogP contribution in [0.5, 0.6) is 0 Å². The Morgan fingerprint density at radius 1 is 1.13 bits per heavy atom. The Balaban J connectivity index is 2.20. The molecule has 1 aromatic rings. The number of aliphatic hydroxyl groups is 4. The van der Waals surface area contributed by atoms with Crippen molar-refractivity contribution in [1.29, 1.82) is 0 Å². The molecule has 1 aromatic carbocycles. The fourth-order valence-electron chi connectivity index (χ4n) is 2.31. The van der Waals surface area contributed by atoms with Crippen LogP contribution in [0, 0.1) is 6.92 Å². The summed E-state index contributed by atoms with van der Waals surface area (Å²) in [6.07, 6.45) is 0. The topological polar surface area (TPSA) is 105 Å². The first-order valence-corrected chi connectivity index (χ1v) is 8.26. The number of hydrazone groups is 1. The van der Waals surface area contributed by atoms with Crippen molar-refractivity contribution >= 4 is 16.8 Å². The molecule has 6 nitrogen and oxygen atoms in total. The van der Waals surface area contributed by atoms with Crippen molar-refractivity contribution in [3.8, 4) is 0 Å². The van der Waals surface area contributed by atoms with Crippen LogP contribution in [0.4, 0.5) is 0 Å². The molecule has 0 unspecified atom stereocenters. The summed E-state index contributed by atoms with van der Waals surface area (Å²) in [7, 11) is 0. The number of hydrogen-bond donors (Lipinski definition) is 5. The molecule has 0 spiro atoms. The van der Waals surface area contributed by atoms with Crippen LogP contribution < -0.4 is 5.43 Å². The van der Waals surface area contributed by atoms with Gasteiger partial charge in [-0.25, -0.2) is 0 Å². The molecule has 0 fully saturated rings. The van der Waals surface area contributed by atoms with Crippen molar-refractivity contribution in [3.63, 3.8) is 0 Å². The highest BCUT2D eigenvalue weighted by Gasteiger charge is 2.58. The molecule has 0 bridgehead atoms. The Morgan fingerprint density at radius 2 is 1.70 bits per heavy atom. The number of aryl methyl sites for hydroxylation is 1. The molecule has 128 valence electrons. The molecule has 1 heterocycles. The van der Waals surface area contributed by atoms with E-state index in [2.05, 4.69) is 10.5 Å². The van der Waals surface area contributed by atoms with Gasteiger partial charge in [-0.3, -0.25) is 5.43 Å². The number of aliphatic hydroxyl groups excluding tert-OH is 1. The van der Waals surface area contributed by atoms with Crippen LogP contribution in [0.2, 0.25) is 0 Å². The molecule has 0 aromatic heterocycles. The SMILES string of the molecule is Cc1ccc(C2=NN[C@H]([C@](C)(O)[C@@](C)(O)[C@](C)(O)CO)S2)cc1. The van der Waals surface area contributed by atoms with E-state index in [4.69, 9.17) is 0 Å². The van der Waals surface area contributed by atoms with Crippen LogP contribution in [-0.2, 0) is 0 Å². The van der Waals surface area contributed by atoms with E-state index in [1.807, 2.05) is 31.2 Å². The van der Waals surface area contributed by atoms with Crippen molar-refractivity contribution in [1.82, 2.24) is 5.43 Å². The monoisotopic (exact) mass is 340 g/mol. The first kappa shape index (κ1) is 18.2. The zero-order valence-electron chi connectivity index (χ0n) is 13.7. The molecule has 0 radical (unpaired) electrons. The molecule has 0 aliphatic carbocycles. The van der Waals surface area contributed by atoms with Crippen molar-refractivity contribution in [2.24, 2.45) is 5.10 Å². The number of benzene rings is 1. The molecular formula is C16H24N2O4S. The first-order chi connectivity index (χ1) is 10.5. The average molecular weight is 340 g/mol. The van der Waals surface area contributed by atoms with Crippen molar-refractivity contribution in [3.05, 3.63) is 35.4 Å².